The highest BCUT2D eigenvalue weighted by Gasteiger charge is 2.59. The number of fused-ring (bicyclic) bond motifs is 5. The molecular weight excluding hydrogens is 296 g/mol. The molecule has 0 aromatic heterocycles. The zero-order valence-corrected chi connectivity index (χ0v) is 15.2. The number of benzene rings is 1. The minimum absolute atomic E-state index is 0.333. The average molecular weight is 328 g/mol. The van der Waals surface area contributed by atoms with Crippen molar-refractivity contribution in [2.75, 3.05) is 6.61 Å². The third kappa shape index (κ3) is 2.25. The minimum atomic E-state index is 0.333. The molecule has 3 aliphatic rings. The standard InChI is InChI=1S/C22H32O2/c1-21(10-3-13-23)11-9-20-19-6-4-15-14-16(24)5-7-17(15)18(19)8-12-22(20,21)2/h5,7,14,18-20,23-24H,3-4,6,8-13H2,1-2H3/t18-,19-,20+,21-,22+/m1/s1. The molecule has 0 unspecified atom stereocenters. The van der Waals surface area contributed by atoms with Crippen LogP contribution in [0.25, 0.3) is 0 Å². The third-order valence-electron chi connectivity index (χ3n) is 8.37. The van der Waals surface area contributed by atoms with Gasteiger partial charge in [0.1, 0.15) is 5.75 Å². The molecule has 4 rings (SSSR count). The predicted molar refractivity (Wildman–Crippen MR) is 97.2 cm³/mol. The largest absolute Gasteiger partial charge is 0.508 e. The first kappa shape index (κ1) is 16.4. The lowest BCUT2D eigenvalue weighted by Gasteiger charge is -2.54. The van der Waals surface area contributed by atoms with E-state index in [9.17, 15) is 10.2 Å². The van der Waals surface area contributed by atoms with Crippen LogP contribution in [0.4, 0.5) is 0 Å². The van der Waals surface area contributed by atoms with Gasteiger partial charge in [0.05, 0.1) is 0 Å². The number of hydrogen-bond donors (Lipinski definition) is 2. The summed E-state index contributed by atoms with van der Waals surface area (Å²) in [6.07, 6.45) is 9.87. The van der Waals surface area contributed by atoms with Gasteiger partial charge in [-0.2, -0.15) is 0 Å². The third-order valence-corrected chi connectivity index (χ3v) is 8.37. The monoisotopic (exact) mass is 328 g/mol. The second-order valence-corrected chi connectivity index (χ2v) is 9.18. The Labute approximate surface area is 146 Å². The van der Waals surface area contributed by atoms with E-state index in [-0.39, 0.29) is 0 Å². The molecule has 0 amide bonds. The summed E-state index contributed by atoms with van der Waals surface area (Å²) in [4.78, 5) is 0. The van der Waals surface area contributed by atoms with E-state index in [0.29, 0.717) is 29.1 Å². The Kier molecular flexibility index (Phi) is 3.95. The van der Waals surface area contributed by atoms with E-state index < -0.39 is 0 Å². The fourth-order valence-electron chi connectivity index (χ4n) is 6.81. The van der Waals surface area contributed by atoms with Crippen molar-refractivity contribution in [2.24, 2.45) is 22.7 Å². The smallest absolute Gasteiger partial charge is 0.115 e. The summed E-state index contributed by atoms with van der Waals surface area (Å²) in [7, 11) is 0. The van der Waals surface area contributed by atoms with E-state index >= 15 is 0 Å². The summed E-state index contributed by atoms with van der Waals surface area (Å²) in [6.45, 7) is 5.39. The average Bonchev–Trinajstić information content (AvgIpc) is 2.84. The second kappa shape index (κ2) is 5.76. The first-order valence-corrected chi connectivity index (χ1v) is 9.91. The van der Waals surface area contributed by atoms with Crippen LogP contribution in [0.5, 0.6) is 5.75 Å². The SMILES string of the molecule is C[C@@]1(CCCO)CC[C@H]2[C@@H]3CCc4cc(O)ccc4[C@H]3CC[C@@]21C. The molecule has 0 aliphatic heterocycles. The normalized spacial score (nSPS) is 40.7. The van der Waals surface area contributed by atoms with E-state index in [1.165, 1.54) is 49.7 Å². The molecule has 0 spiro atoms. The maximum atomic E-state index is 9.81. The first-order valence-electron chi connectivity index (χ1n) is 9.91. The van der Waals surface area contributed by atoms with Crippen LogP contribution in [0.1, 0.15) is 75.8 Å². The number of rotatable bonds is 3. The van der Waals surface area contributed by atoms with Crippen LogP contribution in [0.2, 0.25) is 0 Å². The molecule has 24 heavy (non-hydrogen) atoms. The summed E-state index contributed by atoms with van der Waals surface area (Å²) in [5.74, 6) is 2.77. The number of phenolic OH excluding ortho intramolecular Hbond substituents is 1. The number of aliphatic hydroxyl groups excluding tert-OH is 1. The van der Waals surface area contributed by atoms with Gasteiger partial charge in [-0.1, -0.05) is 19.9 Å². The summed E-state index contributed by atoms with van der Waals surface area (Å²) in [6, 6.07) is 6.08. The van der Waals surface area contributed by atoms with Crippen LogP contribution in [0, 0.1) is 22.7 Å². The van der Waals surface area contributed by atoms with Gasteiger partial charge in [0.25, 0.3) is 0 Å². The molecule has 1 aromatic carbocycles. The Bertz CT molecular complexity index is 624. The van der Waals surface area contributed by atoms with Crippen molar-refractivity contribution >= 4 is 0 Å². The van der Waals surface area contributed by atoms with Gasteiger partial charge in [0, 0.05) is 6.61 Å². The van der Waals surface area contributed by atoms with Gasteiger partial charge in [-0.3, -0.25) is 0 Å². The summed E-state index contributed by atoms with van der Waals surface area (Å²) < 4.78 is 0. The van der Waals surface area contributed by atoms with Crippen LogP contribution in [-0.2, 0) is 6.42 Å². The molecule has 2 fully saturated rings. The van der Waals surface area contributed by atoms with Crippen LogP contribution >= 0.6 is 0 Å². The lowest BCUT2D eigenvalue weighted by molar-refractivity contribution is -0.0245. The van der Waals surface area contributed by atoms with Crippen molar-refractivity contribution in [1.29, 1.82) is 0 Å². The molecule has 3 aliphatic carbocycles. The van der Waals surface area contributed by atoms with Gasteiger partial charge in [0.2, 0.25) is 0 Å². The number of phenols is 1. The molecule has 2 saturated carbocycles. The molecular formula is C22H32O2. The summed E-state index contributed by atoms with van der Waals surface area (Å²) >= 11 is 0. The van der Waals surface area contributed by atoms with Gasteiger partial charge in [0.15, 0.2) is 0 Å². The zero-order chi connectivity index (χ0) is 16.9. The molecule has 0 heterocycles. The molecule has 132 valence electrons. The van der Waals surface area contributed by atoms with Crippen molar-refractivity contribution in [2.45, 2.75) is 71.1 Å². The minimum Gasteiger partial charge on any atom is -0.508 e. The van der Waals surface area contributed by atoms with Crippen LogP contribution in [-0.4, -0.2) is 16.8 Å². The number of aromatic hydroxyl groups is 1. The van der Waals surface area contributed by atoms with Crippen molar-refractivity contribution in [3.8, 4) is 5.75 Å². The van der Waals surface area contributed by atoms with Gasteiger partial charge < -0.3 is 10.2 Å². The highest BCUT2D eigenvalue weighted by atomic mass is 16.3. The van der Waals surface area contributed by atoms with Crippen molar-refractivity contribution in [3.63, 3.8) is 0 Å². The van der Waals surface area contributed by atoms with Crippen LogP contribution in [0.15, 0.2) is 18.2 Å². The topological polar surface area (TPSA) is 40.5 Å². The summed E-state index contributed by atoms with van der Waals surface area (Å²) in [5, 5.41) is 19.1. The lowest BCUT2D eigenvalue weighted by atomic mass is 9.50. The van der Waals surface area contributed by atoms with Crippen LogP contribution < -0.4 is 0 Å². The number of hydrogen-bond acceptors (Lipinski definition) is 2. The molecule has 2 nitrogen and oxygen atoms in total. The highest BCUT2D eigenvalue weighted by molar-refractivity contribution is 5.40. The predicted octanol–water partition coefficient (Wildman–Crippen LogP) is 5.03. The van der Waals surface area contributed by atoms with E-state index in [4.69, 9.17) is 0 Å². The fourth-order valence-corrected chi connectivity index (χ4v) is 6.81. The van der Waals surface area contributed by atoms with Gasteiger partial charge in [-0.15, -0.1) is 0 Å². The van der Waals surface area contributed by atoms with Crippen molar-refractivity contribution in [3.05, 3.63) is 29.3 Å². The molecule has 2 heteroatoms. The first-order chi connectivity index (χ1) is 11.5. The number of aliphatic hydroxyl groups is 1. The molecule has 0 radical (unpaired) electrons. The Morgan fingerprint density at radius 1 is 1.12 bits per heavy atom. The Hall–Kier alpha value is -1.02. The Morgan fingerprint density at radius 3 is 2.75 bits per heavy atom. The van der Waals surface area contributed by atoms with Crippen molar-refractivity contribution < 1.29 is 10.2 Å². The number of aryl methyl sites for hydroxylation is 1. The maximum absolute atomic E-state index is 9.81. The molecule has 1 aromatic rings. The maximum Gasteiger partial charge on any atom is 0.115 e. The van der Waals surface area contributed by atoms with E-state index in [1.54, 1.807) is 0 Å². The van der Waals surface area contributed by atoms with Gasteiger partial charge >= 0.3 is 0 Å². The molecule has 2 N–H and O–H groups in total. The molecule has 0 saturated heterocycles. The van der Waals surface area contributed by atoms with Crippen LogP contribution in [0.3, 0.4) is 0 Å². The fraction of sp³-hybridized carbons (Fsp3) is 0.727. The van der Waals surface area contributed by atoms with E-state index in [1.807, 2.05) is 12.1 Å². The lowest BCUT2D eigenvalue weighted by Crippen LogP contribution is -2.46. The van der Waals surface area contributed by atoms with Gasteiger partial charge in [-0.25, -0.2) is 0 Å². The second-order valence-electron chi connectivity index (χ2n) is 9.18. The Balaban J connectivity index is 1.63. The highest BCUT2D eigenvalue weighted by Crippen LogP contribution is 2.68. The van der Waals surface area contributed by atoms with Crippen molar-refractivity contribution in [1.82, 2.24) is 0 Å². The molecule has 5 atom stereocenters. The van der Waals surface area contributed by atoms with E-state index in [2.05, 4.69) is 19.9 Å². The molecule has 0 bridgehead atoms. The quantitative estimate of drug-likeness (QED) is 0.817. The van der Waals surface area contributed by atoms with Gasteiger partial charge in [-0.05, 0) is 103 Å². The zero-order valence-electron chi connectivity index (χ0n) is 15.2. The summed E-state index contributed by atoms with van der Waals surface area (Å²) in [5.41, 5.74) is 3.76. The Morgan fingerprint density at radius 2 is 1.96 bits per heavy atom. The van der Waals surface area contributed by atoms with E-state index in [0.717, 1.165) is 24.7 Å².